The predicted molar refractivity (Wildman–Crippen MR) is 113 cm³/mol. The molecule has 0 fully saturated rings. The van der Waals surface area contributed by atoms with Crippen LogP contribution in [0.4, 0.5) is 0 Å². The minimum Gasteiger partial charge on any atom is -0.478 e. The van der Waals surface area contributed by atoms with E-state index >= 15 is 0 Å². The summed E-state index contributed by atoms with van der Waals surface area (Å²) in [5, 5.41) is 35.4. The fourth-order valence-corrected chi connectivity index (χ4v) is 2.32. The van der Waals surface area contributed by atoms with Crippen LogP contribution in [-0.2, 0) is 0 Å². The fourth-order valence-electron chi connectivity index (χ4n) is 2.32. The molecule has 4 atom stereocenters. The largest absolute Gasteiger partial charge is 0.478 e. The summed E-state index contributed by atoms with van der Waals surface area (Å²) in [6.45, 7) is 7.67. The molecule has 160 valence electrons. The van der Waals surface area contributed by atoms with Crippen molar-refractivity contribution >= 4 is 11.9 Å². The van der Waals surface area contributed by atoms with Crippen molar-refractivity contribution in [3.8, 4) is 0 Å². The van der Waals surface area contributed by atoms with Gasteiger partial charge in [0.05, 0.1) is 23.3 Å². The zero-order chi connectivity index (χ0) is 22.4. The normalized spacial score (nSPS) is 14.0. The van der Waals surface area contributed by atoms with Crippen molar-refractivity contribution in [1.82, 2.24) is 0 Å². The fraction of sp³-hybridized carbons (Fsp3) is 0.391. The molecule has 4 N–H and O–H groups in total. The van der Waals surface area contributed by atoms with Gasteiger partial charge < -0.3 is 20.4 Å². The number of benzene rings is 2. The maximum Gasteiger partial charge on any atom is 0.335 e. The zero-order valence-corrected chi connectivity index (χ0v) is 17.4. The lowest BCUT2D eigenvalue weighted by Crippen LogP contribution is -2.29. The summed E-state index contributed by atoms with van der Waals surface area (Å²) in [6.07, 6.45) is 0.156. The SMILES string of the molecule is CCC(O)C(C)C(C)C(C)O.O=C(O)c1ccccc1.O=C(O)c1ccccc1. The molecule has 0 amide bonds. The Morgan fingerprint density at radius 2 is 1.07 bits per heavy atom. The van der Waals surface area contributed by atoms with Crippen LogP contribution in [0.25, 0.3) is 0 Å². The summed E-state index contributed by atoms with van der Waals surface area (Å²) in [5.41, 5.74) is 0.662. The first kappa shape index (κ1) is 26.3. The van der Waals surface area contributed by atoms with Crippen molar-refractivity contribution in [1.29, 1.82) is 0 Å². The van der Waals surface area contributed by atoms with E-state index in [0.717, 1.165) is 6.42 Å². The first-order chi connectivity index (χ1) is 13.6. The second-order valence-corrected chi connectivity index (χ2v) is 6.78. The number of hydrogen-bond acceptors (Lipinski definition) is 4. The van der Waals surface area contributed by atoms with E-state index in [-0.39, 0.29) is 24.0 Å². The van der Waals surface area contributed by atoms with Gasteiger partial charge in [0, 0.05) is 0 Å². The Hall–Kier alpha value is -2.70. The molecular formula is C23H32O6. The van der Waals surface area contributed by atoms with Crippen LogP contribution in [0.2, 0.25) is 0 Å². The summed E-state index contributed by atoms with van der Waals surface area (Å²) >= 11 is 0. The summed E-state index contributed by atoms with van der Waals surface area (Å²) < 4.78 is 0. The lowest BCUT2D eigenvalue weighted by molar-refractivity contribution is 0.0292. The molecule has 2 aromatic rings. The Morgan fingerprint density at radius 3 is 1.28 bits per heavy atom. The van der Waals surface area contributed by atoms with E-state index in [1.54, 1.807) is 67.6 Å². The third-order valence-electron chi connectivity index (χ3n) is 4.66. The monoisotopic (exact) mass is 404 g/mol. The van der Waals surface area contributed by atoms with E-state index in [1.807, 2.05) is 20.8 Å². The molecule has 0 radical (unpaired) electrons. The second kappa shape index (κ2) is 14.3. The van der Waals surface area contributed by atoms with E-state index < -0.39 is 11.9 Å². The van der Waals surface area contributed by atoms with Gasteiger partial charge in [0.15, 0.2) is 0 Å². The van der Waals surface area contributed by atoms with Crippen molar-refractivity contribution in [2.24, 2.45) is 11.8 Å². The van der Waals surface area contributed by atoms with Crippen molar-refractivity contribution in [2.45, 2.75) is 46.3 Å². The van der Waals surface area contributed by atoms with E-state index in [0.29, 0.717) is 11.1 Å². The summed E-state index contributed by atoms with van der Waals surface area (Å²) in [6, 6.07) is 16.6. The lowest BCUT2D eigenvalue weighted by Gasteiger charge is -2.26. The molecule has 0 aromatic heterocycles. The average molecular weight is 405 g/mol. The van der Waals surface area contributed by atoms with Gasteiger partial charge in [0.2, 0.25) is 0 Å². The Morgan fingerprint density at radius 1 is 0.724 bits per heavy atom. The molecule has 0 aliphatic carbocycles. The number of hydrogen-bond donors (Lipinski definition) is 4. The number of aliphatic hydroxyl groups excluding tert-OH is 2. The zero-order valence-electron chi connectivity index (χ0n) is 17.4. The smallest absolute Gasteiger partial charge is 0.335 e. The molecule has 29 heavy (non-hydrogen) atoms. The highest BCUT2D eigenvalue weighted by Gasteiger charge is 2.22. The molecule has 2 rings (SSSR count). The van der Waals surface area contributed by atoms with Crippen LogP contribution in [0.1, 0.15) is 54.8 Å². The molecular weight excluding hydrogens is 372 g/mol. The van der Waals surface area contributed by atoms with Gasteiger partial charge in [0.1, 0.15) is 0 Å². The third-order valence-corrected chi connectivity index (χ3v) is 4.66. The molecule has 0 saturated heterocycles. The number of aliphatic hydroxyl groups is 2. The van der Waals surface area contributed by atoms with Crippen LogP contribution >= 0.6 is 0 Å². The standard InChI is InChI=1S/C9H20O2.2C7H6O2/c1-5-9(11)7(3)6(2)8(4)10;2*8-7(9)6-4-2-1-3-5-6/h6-11H,5H2,1-4H3;2*1-5H,(H,8,9). The highest BCUT2D eigenvalue weighted by atomic mass is 16.4. The number of carbonyl (C=O) groups is 2. The van der Waals surface area contributed by atoms with E-state index in [2.05, 4.69) is 0 Å². The molecule has 0 aliphatic heterocycles. The van der Waals surface area contributed by atoms with Gasteiger partial charge in [-0.2, -0.15) is 0 Å². The number of aromatic carboxylic acids is 2. The lowest BCUT2D eigenvalue weighted by atomic mass is 9.86. The molecule has 0 heterocycles. The summed E-state index contributed by atoms with van der Waals surface area (Å²) in [5.74, 6) is -1.41. The molecule has 0 bridgehead atoms. The van der Waals surface area contributed by atoms with Gasteiger partial charge in [-0.3, -0.25) is 0 Å². The quantitative estimate of drug-likeness (QED) is 0.574. The minimum absolute atomic E-state index is 0.171. The number of rotatable bonds is 6. The van der Waals surface area contributed by atoms with Gasteiger partial charge in [0.25, 0.3) is 0 Å². The van der Waals surface area contributed by atoms with Gasteiger partial charge in [-0.05, 0) is 49.4 Å². The molecule has 6 heteroatoms. The summed E-state index contributed by atoms with van der Waals surface area (Å²) in [4.78, 5) is 20.4. The van der Waals surface area contributed by atoms with Crippen LogP contribution in [-0.4, -0.2) is 44.6 Å². The van der Waals surface area contributed by atoms with Crippen LogP contribution in [0.5, 0.6) is 0 Å². The van der Waals surface area contributed by atoms with Gasteiger partial charge in [-0.1, -0.05) is 57.2 Å². The van der Waals surface area contributed by atoms with Crippen molar-refractivity contribution < 1.29 is 30.0 Å². The molecule has 0 spiro atoms. The maximum atomic E-state index is 10.2. The Balaban J connectivity index is 0.000000408. The van der Waals surface area contributed by atoms with Crippen molar-refractivity contribution in [2.75, 3.05) is 0 Å². The highest BCUT2D eigenvalue weighted by Crippen LogP contribution is 2.20. The Labute approximate surface area is 172 Å². The van der Waals surface area contributed by atoms with Gasteiger partial charge >= 0.3 is 11.9 Å². The minimum atomic E-state index is -0.879. The van der Waals surface area contributed by atoms with Crippen molar-refractivity contribution in [3.05, 3.63) is 71.8 Å². The Bertz CT molecular complexity index is 650. The second-order valence-electron chi connectivity index (χ2n) is 6.78. The predicted octanol–water partition coefficient (Wildman–Crippen LogP) is 4.18. The first-order valence-electron chi connectivity index (χ1n) is 9.54. The van der Waals surface area contributed by atoms with Gasteiger partial charge in [-0.25, -0.2) is 9.59 Å². The maximum absolute atomic E-state index is 10.2. The summed E-state index contributed by atoms with van der Waals surface area (Å²) in [7, 11) is 0. The van der Waals surface area contributed by atoms with E-state index in [1.165, 1.54) is 0 Å². The van der Waals surface area contributed by atoms with Crippen LogP contribution < -0.4 is 0 Å². The number of carboxylic acid groups (broad SMARTS) is 2. The van der Waals surface area contributed by atoms with Crippen molar-refractivity contribution in [3.63, 3.8) is 0 Å². The first-order valence-corrected chi connectivity index (χ1v) is 9.54. The third kappa shape index (κ3) is 11.0. The van der Waals surface area contributed by atoms with Gasteiger partial charge in [-0.15, -0.1) is 0 Å². The molecule has 0 aliphatic rings. The molecule has 0 saturated carbocycles. The molecule has 2 aromatic carbocycles. The Kier molecular flexibility index (Phi) is 13.0. The number of carboxylic acids is 2. The average Bonchev–Trinajstić information content (AvgIpc) is 2.74. The molecule has 6 nitrogen and oxygen atoms in total. The van der Waals surface area contributed by atoms with Crippen LogP contribution in [0, 0.1) is 11.8 Å². The molecule has 4 unspecified atom stereocenters. The van der Waals surface area contributed by atoms with Crippen LogP contribution in [0.15, 0.2) is 60.7 Å². The topological polar surface area (TPSA) is 115 Å². The van der Waals surface area contributed by atoms with E-state index in [9.17, 15) is 19.8 Å². The highest BCUT2D eigenvalue weighted by molar-refractivity contribution is 5.87. The van der Waals surface area contributed by atoms with Crippen LogP contribution in [0.3, 0.4) is 0 Å². The van der Waals surface area contributed by atoms with E-state index in [4.69, 9.17) is 10.2 Å².